The number of amides is 1. The van der Waals surface area contributed by atoms with E-state index in [1.165, 1.54) is 30.6 Å². The van der Waals surface area contributed by atoms with E-state index < -0.39 is 0 Å². The van der Waals surface area contributed by atoms with E-state index in [4.69, 9.17) is 4.74 Å². The molecular formula is C19H26N2O3S. The Morgan fingerprint density at radius 1 is 1.32 bits per heavy atom. The molecule has 136 valence electrons. The number of thiazole rings is 1. The van der Waals surface area contributed by atoms with Crippen molar-refractivity contribution in [2.24, 2.45) is 0 Å². The minimum atomic E-state index is -0.296. The van der Waals surface area contributed by atoms with Crippen molar-refractivity contribution in [3.05, 3.63) is 28.4 Å². The molecule has 2 heterocycles. The number of aromatic nitrogens is 1. The quantitative estimate of drug-likeness (QED) is 0.822. The number of nitrogens with zero attached hydrogens (tertiary/aromatic N) is 1. The molecule has 0 bridgehead atoms. The molecule has 1 aliphatic rings. The summed E-state index contributed by atoms with van der Waals surface area (Å²) in [6, 6.07) is 0.318. The molecule has 0 aromatic carbocycles. The highest BCUT2D eigenvalue weighted by atomic mass is 32.1. The highest BCUT2D eigenvalue weighted by Crippen LogP contribution is 2.27. The summed E-state index contributed by atoms with van der Waals surface area (Å²) in [5.74, 6) is -0.237. The van der Waals surface area contributed by atoms with E-state index in [0.717, 1.165) is 28.9 Å². The molecule has 1 N–H and O–H groups in total. The third-order valence-corrected chi connectivity index (χ3v) is 5.64. The van der Waals surface area contributed by atoms with Crippen LogP contribution in [0.25, 0.3) is 4.83 Å². The Bertz CT molecular complexity index is 769. The molecule has 1 amide bonds. The van der Waals surface area contributed by atoms with Gasteiger partial charge in [-0.15, -0.1) is 11.3 Å². The van der Waals surface area contributed by atoms with E-state index in [2.05, 4.69) is 5.32 Å². The maximum Gasteiger partial charge on any atom is 0.341 e. The molecule has 2 aromatic rings. The van der Waals surface area contributed by atoms with E-state index in [0.29, 0.717) is 18.0 Å². The van der Waals surface area contributed by atoms with Gasteiger partial charge in [-0.1, -0.05) is 19.3 Å². The van der Waals surface area contributed by atoms with Crippen LogP contribution in [-0.2, 0) is 16.0 Å². The SMILES string of the molecule is Cc1cn2c(CC(=O)NC3CCCCC3)csc2c1C(=O)OC(C)C. The van der Waals surface area contributed by atoms with Gasteiger partial charge in [-0.2, -0.15) is 0 Å². The first kappa shape index (κ1) is 18.0. The van der Waals surface area contributed by atoms with Gasteiger partial charge in [-0.25, -0.2) is 4.79 Å². The molecule has 2 aromatic heterocycles. The number of aryl methyl sites for hydroxylation is 1. The number of carbonyl (C=O) groups is 2. The van der Waals surface area contributed by atoms with Gasteiger partial charge >= 0.3 is 5.97 Å². The number of hydrogen-bond donors (Lipinski definition) is 1. The number of nitrogens with one attached hydrogen (secondary N) is 1. The van der Waals surface area contributed by atoms with Crippen molar-refractivity contribution in [3.63, 3.8) is 0 Å². The molecule has 0 aliphatic heterocycles. The zero-order valence-electron chi connectivity index (χ0n) is 15.1. The number of fused-ring (bicyclic) bond motifs is 1. The fourth-order valence-corrected chi connectivity index (χ4v) is 4.54. The molecule has 0 unspecified atom stereocenters. The fourth-order valence-electron chi connectivity index (χ4n) is 3.45. The first-order chi connectivity index (χ1) is 12.0. The fraction of sp³-hybridized carbons (Fsp3) is 0.579. The lowest BCUT2D eigenvalue weighted by molar-refractivity contribution is -0.121. The normalized spacial score (nSPS) is 15.7. The van der Waals surface area contributed by atoms with Crippen LogP contribution in [0.15, 0.2) is 11.6 Å². The van der Waals surface area contributed by atoms with Crippen LogP contribution in [0.1, 0.15) is 67.6 Å². The minimum absolute atomic E-state index is 0.0595. The molecule has 25 heavy (non-hydrogen) atoms. The van der Waals surface area contributed by atoms with Crippen LogP contribution in [-0.4, -0.2) is 28.4 Å². The topological polar surface area (TPSA) is 59.8 Å². The van der Waals surface area contributed by atoms with E-state index in [-0.39, 0.29) is 18.0 Å². The molecule has 5 nitrogen and oxygen atoms in total. The monoisotopic (exact) mass is 362 g/mol. The Labute approximate surface area is 152 Å². The summed E-state index contributed by atoms with van der Waals surface area (Å²) in [6.45, 7) is 5.59. The average Bonchev–Trinajstić information content (AvgIpc) is 3.06. The van der Waals surface area contributed by atoms with Crippen LogP contribution in [0, 0.1) is 6.92 Å². The maximum atomic E-state index is 12.4. The molecule has 1 aliphatic carbocycles. The van der Waals surface area contributed by atoms with E-state index in [1.807, 2.05) is 36.7 Å². The summed E-state index contributed by atoms with van der Waals surface area (Å²) >= 11 is 1.49. The maximum absolute atomic E-state index is 12.4. The molecule has 6 heteroatoms. The van der Waals surface area contributed by atoms with Crippen LogP contribution in [0.5, 0.6) is 0 Å². The van der Waals surface area contributed by atoms with Crippen LogP contribution in [0.3, 0.4) is 0 Å². The van der Waals surface area contributed by atoms with Gasteiger partial charge in [0.15, 0.2) is 0 Å². The van der Waals surface area contributed by atoms with E-state index in [1.54, 1.807) is 0 Å². The summed E-state index contributed by atoms with van der Waals surface area (Å²) in [4.78, 5) is 25.6. The van der Waals surface area contributed by atoms with Crippen molar-refractivity contribution >= 4 is 28.0 Å². The first-order valence-corrected chi connectivity index (χ1v) is 9.92. The number of ether oxygens (including phenoxy) is 1. The number of carbonyl (C=O) groups excluding carboxylic acids is 2. The second-order valence-electron chi connectivity index (χ2n) is 7.12. The Hall–Kier alpha value is -1.82. The summed E-state index contributed by atoms with van der Waals surface area (Å²) < 4.78 is 7.31. The van der Waals surface area contributed by atoms with E-state index in [9.17, 15) is 9.59 Å². The van der Waals surface area contributed by atoms with Crippen molar-refractivity contribution in [1.82, 2.24) is 9.72 Å². The van der Waals surface area contributed by atoms with Crippen LogP contribution < -0.4 is 5.32 Å². The lowest BCUT2D eigenvalue weighted by atomic mass is 9.95. The Morgan fingerprint density at radius 3 is 2.72 bits per heavy atom. The Morgan fingerprint density at radius 2 is 2.04 bits per heavy atom. The van der Waals surface area contributed by atoms with Gasteiger partial charge in [0, 0.05) is 23.3 Å². The van der Waals surface area contributed by atoms with Crippen molar-refractivity contribution < 1.29 is 14.3 Å². The largest absolute Gasteiger partial charge is 0.459 e. The van der Waals surface area contributed by atoms with Gasteiger partial charge in [-0.3, -0.25) is 4.79 Å². The molecule has 0 atom stereocenters. The lowest BCUT2D eigenvalue weighted by Crippen LogP contribution is -2.37. The van der Waals surface area contributed by atoms with Crippen molar-refractivity contribution in [2.45, 2.75) is 71.4 Å². The van der Waals surface area contributed by atoms with Gasteiger partial charge in [0.2, 0.25) is 5.91 Å². The molecule has 1 saturated carbocycles. The second kappa shape index (κ2) is 7.60. The molecular weight excluding hydrogens is 336 g/mol. The summed E-state index contributed by atoms with van der Waals surface area (Å²) in [5.41, 5.74) is 2.41. The van der Waals surface area contributed by atoms with Gasteiger partial charge < -0.3 is 14.5 Å². The van der Waals surface area contributed by atoms with Gasteiger partial charge in [0.1, 0.15) is 4.83 Å². The molecule has 0 radical (unpaired) electrons. The molecule has 0 saturated heterocycles. The predicted molar refractivity (Wildman–Crippen MR) is 99.3 cm³/mol. The Kier molecular flexibility index (Phi) is 5.47. The van der Waals surface area contributed by atoms with Gasteiger partial charge in [-0.05, 0) is 39.2 Å². The van der Waals surface area contributed by atoms with Gasteiger partial charge in [0.25, 0.3) is 0 Å². The van der Waals surface area contributed by atoms with Crippen LogP contribution in [0.4, 0.5) is 0 Å². The molecule has 0 spiro atoms. The molecule has 1 fully saturated rings. The smallest absolute Gasteiger partial charge is 0.341 e. The third kappa shape index (κ3) is 4.06. The predicted octanol–water partition coefficient (Wildman–Crippen LogP) is 3.87. The average molecular weight is 362 g/mol. The number of hydrogen-bond acceptors (Lipinski definition) is 4. The second-order valence-corrected chi connectivity index (χ2v) is 7.98. The number of rotatable bonds is 5. The number of esters is 1. The van der Waals surface area contributed by atoms with Crippen molar-refractivity contribution in [2.75, 3.05) is 0 Å². The highest BCUT2D eigenvalue weighted by Gasteiger charge is 2.22. The first-order valence-electron chi connectivity index (χ1n) is 9.04. The van der Waals surface area contributed by atoms with Crippen LogP contribution in [0.2, 0.25) is 0 Å². The van der Waals surface area contributed by atoms with Gasteiger partial charge in [0.05, 0.1) is 18.1 Å². The van der Waals surface area contributed by atoms with E-state index >= 15 is 0 Å². The summed E-state index contributed by atoms with van der Waals surface area (Å²) in [7, 11) is 0. The lowest BCUT2D eigenvalue weighted by Gasteiger charge is -2.22. The van der Waals surface area contributed by atoms with Crippen LogP contribution >= 0.6 is 11.3 Å². The molecule has 3 rings (SSSR count). The zero-order chi connectivity index (χ0) is 18.0. The highest BCUT2D eigenvalue weighted by molar-refractivity contribution is 7.16. The standard InChI is InChI=1S/C19H26N2O3S/c1-12(2)24-19(23)17-13(3)10-21-15(11-25-18(17)21)9-16(22)20-14-7-5-4-6-8-14/h10-12,14H,4-9H2,1-3H3,(H,20,22). The van der Waals surface area contributed by atoms with Crippen molar-refractivity contribution in [1.29, 1.82) is 0 Å². The Balaban J connectivity index is 1.74. The summed E-state index contributed by atoms with van der Waals surface area (Å²) in [6.07, 6.45) is 7.95. The minimum Gasteiger partial charge on any atom is -0.459 e. The zero-order valence-corrected chi connectivity index (χ0v) is 15.9. The summed E-state index contributed by atoms with van der Waals surface area (Å²) in [5, 5.41) is 5.11. The third-order valence-electron chi connectivity index (χ3n) is 4.62. The van der Waals surface area contributed by atoms with Crippen molar-refractivity contribution in [3.8, 4) is 0 Å².